The normalized spacial score (nSPS) is 10.4. The van der Waals surface area contributed by atoms with E-state index in [0.717, 1.165) is 11.1 Å². The molecule has 0 aliphatic carbocycles. The summed E-state index contributed by atoms with van der Waals surface area (Å²) in [7, 11) is 3.21. The molecule has 1 amide bonds. The summed E-state index contributed by atoms with van der Waals surface area (Å²) in [4.78, 5) is 16.3. The molecule has 1 heterocycles. The fraction of sp³-hybridized carbons (Fsp3) is 0.238. The lowest BCUT2D eigenvalue weighted by molar-refractivity contribution is -0.121. The first-order chi connectivity index (χ1) is 13.2. The molecule has 0 spiro atoms. The van der Waals surface area contributed by atoms with Crippen molar-refractivity contribution in [3.05, 3.63) is 66.2 Å². The number of oxazole rings is 1. The number of carbonyl (C=O) groups is 1. The van der Waals surface area contributed by atoms with Crippen LogP contribution in [-0.4, -0.2) is 25.1 Å². The van der Waals surface area contributed by atoms with Gasteiger partial charge in [-0.15, -0.1) is 0 Å². The Hall–Kier alpha value is -3.28. The molecule has 0 aliphatic rings. The molecular formula is C21H22N2O4. The molecule has 0 bridgehead atoms. The van der Waals surface area contributed by atoms with Gasteiger partial charge in [-0.25, -0.2) is 4.98 Å². The van der Waals surface area contributed by atoms with Crippen molar-refractivity contribution >= 4 is 5.91 Å². The van der Waals surface area contributed by atoms with Crippen molar-refractivity contribution in [1.29, 1.82) is 0 Å². The van der Waals surface area contributed by atoms with E-state index in [-0.39, 0.29) is 12.5 Å². The molecule has 0 saturated heterocycles. The summed E-state index contributed by atoms with van der Waals surface area (Å²) in [6.45, 7) is 0.257. The maximum atomic E-state index is 12.1. The maximum Gasteiger partial charge on any atom is 0.220 e. The van der Waals surface area contributed by atoms with Crippen molar-refractivity contribution in [2.24, 2.45) is 0 Å². The Balaban J connectivity index is 1.51. The molecule has 6 heteroatoms. The van der Waals surface area contributed by atoms with E-state index < -0.39 is 0 Å². The van der Waals surface area contributed by atoms with Crippen molar-refractivity contribution in [3.63, 3.8) is 0 Å². The monoisotopic (exact) mass is 366 g/mol. The predicted octanol–water partition coefficient (Wildman–Crippen LogP) is 3.61. The Morgan fingerprint density at radius 1 is 1.07 bits per heavy atom. The summed E-state index contributed by atoms with van der Waals surface area (Å²) in [5.41, 5.74) is 1.93. The van der Waals surface area contributed by atoms with E-state index >= 15 is 0 Å². The molecule has 6 nitrogen and oxygen atoms in total. The molecule has 0 unspecified atom stereocenters. The zero-order valence-corrected chi connectivity index (χ0v) is 15.4. The van der Waals surface area contributed by atoms with Crippen molar-refractivity contribution in [1.82, 2.24) is 10.3 Å². The van der Waals surface area contributed by atoms with Crippen LogP contribution < -0.4 is 14.8 Å². The number of rotatable bonds is 8. The SMILES string of the molecule is COc1cc(CCC(=O)NCc2ncc(-c3ccccc3)o2)cc(OC)c1. The van der Waals surface area contributed by atoms with Crippen LogP contribution in [0.2, 0.25) is 0 Å². The van der Waals surface area contributed by atoms with Crippen LogP contribution in [0.4, 0.5) is 0 Å². The van der Waals surface area contributed by atoms with Crippen LogP contribution in [0.1, 0.15) is 17.9 Å². The van der Waals surface area contributed by atoms with Crippen molar-refractivity contribution in [2.45, 2.75) is 19.4 Å². The van der Waals surface area contributed by atoms with E-state index in [2.05, 4.69) is 10.3 Å². The minimum Gasteiger partial charge on any atom is -0.497 e. The lowest BCUT2D eigenvalue weighted by Crippen LogP contribution is -2.23. The number of methoxy groups -OCH3 is 2. The number of carbonyl (C=O) groups excluding carboxylic acids is 1. The molecule has 2 aromatic carbocycles. The summed E-state index contributed by atoms with van der Waals surface area (Å²) in [6, 6.07) is 15.3. The highest BCUT2D eigenvalue weighted by atomic mass is 16.5. The summed E-state index contributed by atoms with van der Waals surface area (Å²) in [6.07, 6.45) is 2.60. The molecular weight excluding hydrogens is 344 g/mol. The highest BCUT2D eigenvalue weighted by molar-refractivity contribution is 5.76. The van der Waals surface area contributed by atoms with Gasteiger partial charge in [0, 0.05) is 18.1 Å². The second-order valence-corrected chi connectivity index (χ2v) is 5.98. The van der Waals surface area contributed by atoms with E-state index in [4.69, 9.17) is 13.9 Å². The average Bonchev–Trinajstić information content (AvgIpc) is 3.20. The van der Waals surface area contributed by atoms with E-state index in [0.29, 0.717) is 36.0 Å². The van der Waals surface area contributed by atoms with Gasteiger partial charge in [0.05, 0.1) is 27.0 Å². The van der Waals surface area contributed by atoms with E-state index in [9.17, 15) is 4.79 Å². The van der Waals surface area contributed by atoms with Crippen LogP contribution in [0.25, 0.3) is 11.3 Å². The lowest BCUT2D eigenvalue weighted by atomic mass is 10.1. The summed E-state index contributed by atoms with van der Waals surface area (Å²) in [5, 5.41) is 2.83. The summed E-state index contributed by atoms with van der Waals surface area (Å²) >= 11 is 0. The van der Waals surface area contributed by atoms with Gasteiger partial charge < -0.3 is 19.2 Å². The van der Waals surface area contributed by atoms with Crippen molar-refractivity contribution in [2.75, 3.05) is 14.2 Å². The van der Waals surface area contributed by atoms with Gasteiger partial charge in [0.25, 0.3) is 0 Å². The Labute approximate surface area is 158 Å². The zero-order valence-electron chi connectivity index (χ0n) is 15.4. The third kappa shape index (κ3) is 5.10. The molecule has 0 atom stereocenters. The first-order valence-corrected chi connectivity index (χ1v) is 8.66. The number of aryl methyl sites for hydroxylation is 1. The average molecular weight is 366 g/mol. The van der Waals surface area contributed by atoms with Crippen LogP contribution in [0.15, 0.2) is 59.1 Å². The quantitative estimate of drug-likeness (QED) is 0.659. The molecule has 1 aromatic heterocycles. The van der Waals surface area contributed by atoms with Gasteiger partial charge in [-0.1, -0.05) is 30.3 Å². The van der Waals surface area contributed by atoms with Crippen LogP contribution >= 0.6 is 0 Å². The van der Waals surface area contributed by atoms with Gasteiger partial charge in [-0.2, -0.15) is 0 Å². The summed E-state index contributed by atoms with van der Waals surface area (Å²) in [5.74, 6) is 2.50. The highest BCUT2D eigenvalue weighted by Gasteiger charge is 2.09. The smallest absolute Gasteiger partial charge is 0.220 e. The molecule has 0 fully saturated rings. The number of nitrogens with zero attached hydrogens (tertiary/aromatic N) is 1. The topological polar surface area (TPSA) is 73.6 Å². The first-order valence-electron chi connectivity index (χ1n) is 8.66. The number of ether oxygens (including phenoxy) is 2. The second-order valence-electron chi connectivity index (χ2n) is 5.98. The number of nitrogens with one attached hydrogen (secondary N) is 1. The van der Waals surface area contributed by atoms with Gasteiger partial charge in [-0.3, -0.25) is 4.79 Å². The van der Waals surface area contributed by atoms with Gasteiger partial charge >= 0.3 is 0 Å². The number of amides is 1. The third-order valence-electron chi connectivity index (χ3n) is 4.10. The van der Waals surface area contributed by atoms with Gasteiger partial charge in [0.15, 0.2) is 5.76 Å². The van der Waals surface area contributed by atoms with Crippen LogP contribution in [-0.2, 0) is 17.8 Å². The largest absolute Gasteiger partial charge is 0.497 e. The van der Waals surface area contributed by atoms with E-state index in [1.807, 2.05) is 42.5 Å². The number of benzene rings is 2. The van der Waals surface area contributed by atoms with Crippen LogP contribution in [0, 0.1) is 0 Å². The lowest BCUT2D eigenvalue weighted by Gasteiger charge is -2.08. The van der Waals surface area contributed by atoms with Crippen molar-refractivity contribution < 1.29 is 18.7 Å². The maximum absolute atomic E-state index is 12.1. The van der Waals surface area contributed by atoms with Gasteiger partial charge in [0.2, 0.25) is 11.8 Å². The first kappa shape index (κ1) is 18.5. The molecule has 0 saturated carbocycles. The number of hydrogen-bond acceptors (Lipinski definition) is 5. The van der Waals surface area contributed by atoms with E-state index in [1.54, 1.807) is 26.5 Å². The molecule has 3 rings (SSSR count). The Kier molecular flexibility index (Phi) is 6.10. The Morgan fingerprint density at radius 3 is 2.44 bits per heavy atom. The van der Waals surface area contributed by atoms with Crippen LogP contribution in [0.5, 0.6) is 11.5 Å². The third-order valence-corrected chi connectivity index (χ3v) is 4.10. The molecule has 140 valence electrons. The Bertz CT molecular complexity index is 868. The molecule has 3 aromatic rings. The number of aromatic nitrogens is 1. The second kappa shape index (κ2) is 8.89. The minimum absolute atomic E-state index is 0.0729. The van der Waals surface area contributed by atoms with E-state index in [1.165, 1.54) is 0 Å². The fourth-order valence-corrected chi connectivity index (χ4v) is 2.66. The number of hydrogen-bond donors (Lipinski definition) is 1. The molecule has 1 N–H and O–H groups in total. The van der Waals surface area contributed by atoms with Crippen molar-refractivity contribution in [3.8, 4) is 22.8 Å². The van der Waals surface area contributed by atoms with Gasteiger partial charge in [-0.05, 0) is 24.1 Å². The van der Waals surface area contributed by atoms with Gasteiger partial charge in [0.1, 0.15) is 11.5 Å². The van der Waals surface area contributed by atoms with Crippen LogP contribution in [0.3, 0.4) is 0 Å². The summed E-state index contributed by atoms with van der Waals surface area (Å²) < 4.78 is 16.2. The molecule has 0 aliphatic heterocycles. The molecule has 27 heavy (non-hydrogen) atoms. The zero-order chi connectivity index (χ0) is 19.1. The Morgan fingerprint density at radius 2 is 1.78 bits per heavy atom. The standard InChI is InChI=1S/C21H22N2O4/c1-25-17-10-15(11-18(12-17)26-2)8-9-20(24)22-14-21-23-13-19(27-21)16-6-4-3-5-7-16/h3-7,10-13H,8-9,14H2,1-2H3,(H,22,24). The fourth-order valence-electron chi connectivity index (χ4n) is 2.66. The molecule has 0 radical (unpaired) electrons. The minimum atomic E-state index is -0.0729. The predicted molar refractivity (Wildman–Crippen MR) is 102 cm³/mol. The highest BCUT2D eigenvalue weighted by Crippen LogP contribution is 2.23.